The molecule has 4 nitrogen and oxygen atoms in total. The van der Waals surface area contributed by atoms with Crippen molar-refractivity contribution >= 4 is 11.0 Å². The number of para-hydroxylation sites is 1. The first-order valence-electron chi connectivity index (χ1n) is 5.49. The molecule has 17 heavy (non-hydrogen) atoms. The van der Waals surface area contributed by atoms with Crippen LogP contribution >= 0.6 is 0 Å². The van der Waals surface area contributed by atoms with E-state index in [1.54, 1.807) is 6.26 Å². The number of rotatable bonds is 4. The predicted molar refractivity (Wildman–Crippen MR) is 63.3 cm³/mol. The van der Waals surface area contributed by atoms with E-state index in [4.69, 9.17) is 8.94 Å². The van der Waals surface area contributed by atoms with Gasteiger partial charge in [-0.15, -0.1) is 0 Å². The van der Waals surface area contributed by atoms with Crippen molar-refractivity contribution in [2.75, 3.05) is 0 Å². The third kappa shape index (κ3) is 2.21. The SMILES string of the molecule is c1ccc2oc(CNCc3ccon3)cc2c1. The summed E-state index contributed by atoms with van der Waals surface area (Å²) >= 11 is 0. The lowest BCUT2D eigenvalue weighted by molar-refractivity contribution is 0.407. The van der Waals surface area contributed by atoms with Gasteiger partial charge in [-0.2, -0.15) is 0 Å². The van der Waals surface area contributed by atoms with Crippen molar-refractivity contribution in [3.8, 4) is 0 Å². The Balaban J connectivity index is 1.65. The topological polar surface area (TPSA) is 51.2 Å². The van der Waals surface area contributed by atoms with E-state index in [1.807, 2.05) is 36.4 Å². The van der Waals surface area contributed by atoms with Crippen molar-refractivity contribution in [2.24, 2.45) is 0 Å². The lowest BCUT2D eigenvalue weighted by Crippen LogP contribution is -2.12. The van der Waals surface area contributed by atoms with E-state index >= 15 is 0 Å². The predicted octanol–water partition coefficient (Wildman–Crippen LogP) is 2.71. The van der Waals surface area contributed by atoms with Crippen LogP contribution in [0.1, 0.15) is 11.5 Å². The minimum Gasteiger partial charge on any atom is -0.460 e. The Morgan fingerprint density at radius 1 is 1.12 bits per heavy atom. The van der Waals surface area contributed by atoms with E-state index in [1.165, 1.54) is 0 Å². The molecule has 0 spiro atoms. The maximum Gasteiger partial charge on any atom is 0.134 e. The largest absolute Gasteiger partial charge is 0.460 e. The van der Waals surface area contributed by atoms with E-state index < -0.39 is 0 Å². The molecule has 4 heteroatoms. The zero-order valence-electron chi connectivity index (χ0n) is 9.22. The molecule has 0 saturated carbocycles. The van der Waals surface area contributed by atoms with Gasteiger partial charge in [-0.25, -0.2) is 0 Å². The van der Waals surface area contributed by atoms with Crippen molar-refractivity contribution < 1.29 is 8.94 Å². The molecule has 3 aromatic rings. The fourth-order valence-electron chi connectivity index (χ4n) is 1.77. The highest BCUT2D eigenvalue weighted by Crippen LogP contribution is 2.18. The van der Waals surface area contributed by atoms with Gasteiger partial charge in [-0.3, -0.25) is 0 Å². The van der Waals surface area contributed by atoms with Crippen molar-refractivity contribution in [3.05, 3.63) is 54.1 Å². The number of aromatic nitrogens is 1. The third-order valence-corrected chi connectivity index (χ3v) is 2.57. The molecular formula is C13H12N2O2. The van der Waals surface area contributed by atoms with Crippen molar-refractivity contribution in [3.63, 3.8) is 0 Å². The molecule has 0 aliphatic carbocycles. The zero-order valence-corrected chi connectivity index (χ0v) is 9.22. The van der Waals surface area contributed by atoms with Crippen LogP contribution in [0.25, 0.3) is 11.0 Å². The Kier molecular flexibility index (Phi) is 2.63. The number of hydrogen-bond acceptors (Lipinski definition) is 4. The van der Waals surface area contributed by atoms with E-state index in [0.717, 1.165) is 22.4 Å². The van der Waals surface area contributed by atoms with Crippen LogP contribution in [0.2, 0.25) is 0 Å². The zero-order chi connectivity index (χ0) is 11.5. The minimum absolute atomic E-state index is 0.674. The Bertz CT molecular complexity index is 566. The maximum atomic E-state index is 5.68. The minimum atomic E-state index is 0.674. The summed E-state index contributed by atoms with van der Waals surface area (Å²) < 4.78 is 10.4. The van der Waals surface area contributed by atoms with Crippen LogP contribution in [-0.4, -0.2) is 5.16 Å². The van der Waals surface area contributed by atoms with Gasteiger partial charge < -0.3 is 14.3 Å². The molecule has 0 radical (unpaired) electrons. The van der Waals surface area contributed by atoms with Gasteiger partial charge in [0.25, 0.3) is 0 Å². The molecule has 86 valence electrons. The fraction of sp³-hybridized carbons (Fsp3) is 0.154. The number of fused-ring (bicyclic) bond motifs is 1. The summed E-state index contributed by atoms with van der Waals surface area (Å²) in [6.45, 7) is 1.36. The van der Waals surface area contributed by atoms with Gasteiger partial charge in [-0.1, -0.05) is 23.4 Å². The molecule has 0 saturated heterocycles. The van der Waals surface area contributed by atoms with Crippen LogP contribution in [0.4, 0.5) is 0 Å². The quantitative estimate of drug-likeness (QED) is 0.746. The third-order valence-electron chi connectivity index (χ3n) is 2.57. The van der Waals surface area contributed by atoms with Crippen molar-refractivity contribution in [1.82, 2.24) is 10.5 Å². The summed E-state index contributed by atoms with van der Waals surface area (Å²) in [5.74, 6) is 0.926. The first-order valence-corrected chi connectivity index (χ1v) is 5.49. The molecule has 0 bridgehead atoms. The van der Waals surface area contributed by atoms with E-state index in [-0.39, 0.29) is 0 Å². The number of benzene rings is 1. The second-order valence-electron chi connectivity index (χ2n) is 3.84. The van der Waals surface area contributed by atoms with E-state index in [0.29, 0.717) is 13.1 Å². The van der Waals surface area contributed by atoms with Crippen LogP contribution in [0.5, 0.6) is 0 Å². The fourth-order valence-corrected chi connectivity index (χ4v) is 1.77. The second kappa shape index (κ2) is 4.43. The number of furan rings is 1. The lowest BCUT2D eigenvalue weighted by atomic mass is 10.2. The van der Waals surface area contributed by atoms with Gasteiger partial charge >= 0.3 is 0 Å². The van der Waals surface area contributed by atoms with E-state index in [9.17, 15) is 0 Å². The van der Waals surface area contributed by atoms with Gasteiger partial charge in [0.05, 0.1) is 12.2 Å². The van der Waals surface area contributed by atoms with Gasteiger partial charge in [0.1, 0.15) is 17.6 Å². The average molecular weight is 228 g/mol. The normalized spacial score (nSPS) is 11.1. The summed E-state index contributed by atoms with van der Waals surface area (Å²) in [5, 5.41) is 8.20. The Hall–Kier alpha value is -2.07. The number of nitrogens with one attached hydrogen (secondary N) is 1. The molecule has 0 amide bonds. The summed E-state index contributed by atoms with van der Waals surface area (Å²) in [4.78, 5) is 0. The molecule has 2 heterocycles. The standard InChI is InChI=1S/C13H12N2O2/c1-2-4-13-10(3-1)7-12(17-13)9-14-8-11-5-6-16-15-11/h1-7,14H,8-9H2. The molecule has 1 aromatic carbocycles. The molecule has 0 fully saturated rings. The van der Waals surface area contributed by atoms with Gasteiger partial charge in [0, 0.05) is 18.0 Å². The summed E-state index contributed by atoms with van der Waals surface area (Å²) in [5.41, 5.74) is 1.81. The highest BCUT2D eigenvalue weighted by atomic mass is 16.5. The Labute approximate surface area is 98.2 Å². The molecule has 3 rings (SSSR count). The average Bonchev–Trinajstić information content (AvgIpc) is 2.96. The van der Waals surface area contributed by atoms with Gasteiger partial charge in [-0.05, 0) is 12.1 Å². The summed E-state index contributed by atoms with van der Waals surface area (Å²) in [6, 6.07) is 11.9. The van der Waals surface area contributed by atoms with Crippen LogP contribution in [-0.2, 0) is 13.1 Å². The van der Waals surface area contributed by atoms with Crippen molar-refractivity contribution in [1.29, 1.82) is 0 Å². The molecule has 2 aromatic heterocycles. The monoisotopic (exact) mass is 228 g/mol. The Morgan fingerprint density at radius 3 is 2.88 bits per heavy atom. The molecule has 0 unspecified atom stereocenters. The van der Waals surface area contributed by atoms with Gasteiger partial charge in [0.2, 0.25) is 0 Å². The molecule has 0 atom stereocenters. The summed E-state index contributed by atoms with van der Waals surface area (Å²) in [7, 11) is 0. The first kappa shape index (κ1) is 10.1. The molecular weight excluding hydrogens is 216 g/mol. The van der Waals surface area contributed by atoms with Crippen LogP contribution in [0, 0.1) is 0 Å². The highest BCUT2D eigenvalue weighted by molar-refractivity contribution is 5.77. The second-order valence-corrected chi connectivity index (χ2v) is 3.84. The molecule has 0 aliphatic heterocycles. The van der Waals surface area contributed by atoms with Crippen molar-refractivity contribution in [2.45, 2.75) is 13.1 Å². The van der Waals surface area contributed by atoms with Crippen LogP contribution in [0.3, 0.4) is 0 Å². The van der Waals surface area contributed by atoms with Crippen LogP contribution < -0.4 is 5.32 Å². The molecule has 0 aliphatic rings. The number of hydrogen-bond donors (Lipinski definition) is 1. The molecule has 1 N–H and O–H groups in total. The number of nitrogens with zero attached hydrogens (tertiary/aromatic N) is 1. The van der Waals surface area contributed by atoms with E-state index in [2.05, 4.69) is 10.5 Å². The first-order chi connectivity index (χ1) is 8.42. The Morgan fingerprint density at radius 2 is 2.06 bits per heavy atom. The van der Waals surface area contributed by atoms with Crippen LogP contribution in [0.15, 0.2) is 51.6 Å². The maximum absolute atomic E-state index is 5.68. The summed E-state index contributed by atoms with van der Waals surface area (Å²) in [6.07, 6.45) is 1.57. The smallest absolute Gasteiger partial charge is 0.134 e. The highest BCUT2D eigenvalue weighted by Gasteiger charge is 2.02. The van der Waals surface area contributed by atoms with Gasteiger partial charge in [0.15, 0.2) is 0 Å². The lowest BCUT2D eigenvalue weighted by Gasteiger charge is -1.97.